The van der Waals surface area contributed by atoms with Crippen molar-refractivity contribution in [1.29, 1.82) is 0 Å². The highest BCUT2D eigenvalue weighted by molar-refractivity contribution is 6.06. The summed E-state index contributed by atoms with van der Waals surface area (Å²) < 4.78 is 0. The van der Waals surface area contributed by atoms with Crippen LogP contribution in [0.25, 0.3) is 0 Å². The largest absolute Gasteiger partial charge is 0.393 e. The van der Waals surface area contributed by atoms with E-state index in [-0.39, 0.29) is 29.4 Å². The molecule has 0 radical (unpaired) electrons. The van der Waals surface area contributed by atoms with E-state index in [2.05, 4.69) is 0 Å². The fourth-order valence-electron chi connectivity index (χ4n) is 3.95. The third kappa shape index (κ3) is 1.78. The Hall–Kier alpha value is -0.900. The summed E-state index contributed by atoms with van der Waals surface area (Å²) in [6.07, 6.45) is 7.12. The van der Waals surface area contributed by atoms with Crippen LogP contribution in [0.2, 0.25) is 0 Å². The van der Waals surface area contributed by atoms with Gasteiger partial charge in [-0.3, -0.25) is 14.5 Å². The molecule has 4 nitrogen and oxygen atoms in total. The highest BCUT2D eigenvalue weighted by atomic mass is 16.3. The van der Waals surface area contributed by atoms with Gasteiger partial charge < -0.3 is 5.11 Å². The van der Waals surface area contributed by atoms with Crippen LogP contribution in [0.5, 0.6) is 0 Å². The maximum absolute atomic E-state index is 12.6. The number of amides is 2. The van der Waals surface area contributed by atoms with Gasteiger partial charge in [-0.05, 0) is 38.5 Å². The van der Waals surface area contributed by atoms with Crippen LogP contribution in [-0.4, -0.2) is 34.0 Å². The van der Waals surface area contributed by atoms with Gasteiger partial charge in [0, 0.05) is 12.5 Å². The van der Waals surface area contributed by atoms with Crippen molar-refractivity contribution >= 4 is 11.8 Å². The van der Waals surface area contributed by atoms with Gasteiger partial charge in [-0.2, -0.15) is 0 Å². The Balaban J connectivity index is 1.76. The lowest BCUT2D eigenvalue weighted by molar-refractivity contribution is -0.145. The van der Waals surface area contributed by atoms with Crippen LogP contribution in [0.3, 0.4) is 0 Å². The molecule has 1 aliphatic heterocycles. The number of imide groups is 1. The molecule has 4 heteroatoms. The van der Waals surface area contributed by atoms with Crippen molar-refractivity contribution in [3.8, 4) is 0 Å². The second-order valence-corrected chi connectivity index (χ2v) is 6.20. The zero-order valence-corrected chi connectivity index (χ0v) is 10.7. The molecule has 0 aromatic rings. The number of nitrogens with zero attached hydrogens (tertiary/aromatic N) is 1. The molecule has 1 N–H and O–H groups in total. The molecule has 18 heavy (non-hydrogen) atoms. The summed E-state index contributed by atoms with van der Waals surface area (Å²) in [5.41, 5.74) is -0.340. The molecular formula is C14H21NO3. The summed E-state index contributed by atoms with van der Waals surface area (Å²) in [5.74, 6) is 0.120. The van der Waals surface area contributed by atoms with Gasteiger partial charge in [-0.1, -0.05) is 12.8 Å². The normalized spacial score (nSPS) is 35.7. The lowest BCUT2D eigenvalue weighted by atomic mass is 9.84. The Morgan fingerprint density at radius 2 is 1.67 bits per heavy atom. The van der Waals surface area contributed by atoms with E-state index >= 15 is 0 Å². The molecule has 3 fully saturated rings. The molecule has 0 atom stereocenters. The molecular weight excluding hydrogens is 230 g/mol. The molecule has 1 spiro atoms. The van der Waals surface area contributed by atoms with Crippen molar-refractivity contribution in [2.24, 2.45) is 5.41 Å². The van der Waals surface area contributed by atoms with E-state index in [1.165, 1.54) is 0 Å². The van der Waals surface area contributed by atoms with Crippen LogP contribution >= 0.6 is 0 Å². The van der Waals surface area contributed by atoms with Gasteiger partial charge in [-0.15, -0.1) is 0 Å². The minimum Gasteiger partial charge on any atom is -0.393 e. The SMILES string of the molecule is O=C1CC2(CCCC2)C(=O)N1C1CCC(O)CC1. The van der Waals surface area contributed by atoms with Crippen molar-refractivity contribution in [1.82, 2.24) is 4.90 Å². The smallest absolute Gasteiger partial charge is 0.236 e. The maximum atomic E-state index is 12.6. The number of hydrogen-bond donors (Lipinski definition) is 1. The van der Waals surface area contributed by atoms with Crippen LogP contribution in [0.4, 0.5) is 0 Å². The van der Waals surface area contributed by atoms with Crippen LogP contribution in [0.15, 0.2) is 0 Å². The summed E-state index contributed by atoms with van der Waals surface area (Å²) in [6, 6.07) is 0.0494. The van der Waals surface area contributed by atoms with Crippen molar-refractivity contribution in [2.45, 2.75) is 69.9 Å². The summed E-state index contributed by atoms with van der Waals surface area (Å²) in [6.45, 7) is 0. The minimum absolute atomic E-state index is 0.0308. The van der Waals surface area contributed by atoms with Crippen molar-refractivity contribution < 1.29 is 14.7 Å². The number of rotatable bonds is 1. The highest BCUT2D eigenvalue weighted by Crippen LogP contribution is 2.48. The van der Waals surface area contributed by atoms with E-state index in [1.54, 1.807) is 4.90 Å². The Morgan fingerprint density at radius 1 is 1.06 bits per heavy atom. The van der Waals surface area contributed by atoms with Gasteiger partial charge in [0.15, 0.2) is 0 Å². The van der Waals surface area contributed by atoms with Gasteiger partial charge in [-0.25, -0.2) is 0 Å². The van der Waals surface area contributed by atoms with Crippen molar-refractivity contribution in [3.05, 3.63) is 0 Å². The average molecular weight is 251 g/mol. The first kappa shape index (κ1) is 12.2. The quantitative estimate of drug-likeness (QED) is 0.720. The van der Waals surface area contributed by atoms with Gasteiger partial charge in [0.25, 0.3) is 0 Å². The van der Waals surface area contributed by atoms with E-state index in [9.17, 15) is 14.7 Å². The van der Waals surface area contributed by atoms with E-state index in [1.807, 2.05) is 0 Å². The molecule has 0 aromatic heterocycles. The van der Waals surface area contributed by atoms with Crippen LogP contribution in [0.1, 0.15) is 57.8 Å². The second-order valence-electron chi connectivity index (χ2n) is 6.20. The van der Waals surface area contributed by atoms with Crippen LogP contribution in [0, 0.1) is 5.41 Å². The fraction of sp³-hybridized carbons (Fsp3) is 0.857. The Kier molecular flexibility index (Phi) is 2.93. The molecule has 2 aliphatic carbocycles. The molecule has 0 unspecified atom stereocenters. The average Bonchev–Trinajstić information content (AvgIpc) is 2.89. The number of carbonyl (C=O) groups excluding carboxylic acids is 2. The number of aliphatic hydroxyl groups excluding tert-OH is 1. The third-order valence-corrected chi connectivity index (χ3v) is 5.02. The zero-order valence-electron chi connectivity index (χ0n) is 10.7. The van der Waals surface area contributed by atoms with Crippen LogP contribution in [-0.2, 0) is 9.59 Å². The van der Waals surface area contributed by atoms with E-state index < -0.39 is 0 Å². The molecule has 0 aromatic carbocycles. The van der Waals surface area contributed by atoms with Gasteiger partial charge in [0.1, 0.15) is 0 Å². The predicted molar refractivity (Wildman–Crippen MR) is 65.6 cm³/mol. The second kappa shape index (κ2) is 4.34. The number of aliphatic hydroxyl groups is 1. The van der Waals surface area contributed by atoms with E-state index in [4.69, 9.17) is 0 Å². The number of likely N-dealkylation sites (tertiary alicyclic amines) is 1. The number of carbonyl (C=O) groups is 2. The van der Waals surface area contributed by atoms with Crippen LogP contribution < -0.4 is 0 Å². The minimum atomic E-state index is -0.340. The topological polar surface area (TPSA) is 57.6 Å². The Bertz CT molecular complexity index is 365. The summed E-state index contributed by atoms with van der Waals surface area (Å²) in [5, 5.41) is 9.52. The maximum Gasteiger partial charge on any atom is 0.236 e. The molecule has 100 valence electrons. The first-order chi connectivity index (χ1) is 8.62. The standard InChI is InChI=1S/C14H21NO3/c16-11-5-3-10(4-6-11)15-12(17)9-14(13(15)18)7-1-2-8-14/h10-11,16H,1-9H2. The first-order valence-corrected chi connectivity index (χ1v) is 7.17. The molecule has 2 amide bonds. The van der Waals surface area contributed by atoms with Crippen molar-refractivity contribution in [2.75, 3.05) is 0 Å². The fourth-order valence-corrected chi connectivity index (χ4v) is 3.95. The zero-order chi connectivity index (χ0) is 12.8. The van der Waals surface area contributed by atoms with E-state index in [0.29, 0.717) is 19.3 Å². The molecule has 1 saturated heterocycles. The van der Waals surface area contributed by atoms with Gasteiger partial charge in [0.05, 0.1) is 11.5 Å². The summed E-state index contributed by atoms with van der Waals surface area (Å²) in [4.78, 5) is 26.3. The summed E-state index contributed by atoms with van der Waals surface area (Å²) in [7, 11) is 0. The van der Waals surface area contributed by atoms with Gasteiger partial charge >= 0.3 is 0 Å². The molecule has 1 heterocycles. The predicted octanol–water partition coefficient (Wildman–Crippen LogP) is 1.61. The third-order valence-electron chi connectivity index (χ3n) is 5.02. The van der Waals surface area contributed by atoms with E-state index in [0.717, 1.165) is 38.5 Å². The Morgan fingerprint density at radius 3 is 2.28 bits per heavy atom. The van der Waals surface area contributed by atoms with Gasteiger partial charge in [0.2, 0.25) is 11.8 Å². The molecule has 2 saturated carbocycles. The summed E-state index contributed by atoms with van der Waals surface area (Å²) >= 11 is 0. The lowest BCUT2D eigenvalue weighted by Gasteiger charge is -2.32. The first-order valence-electron chi connectivity index (χ1n) is 7.17. The highest BCUT2D eigenvalue weighted by Gasteiger charge is 2.54. The molecule has 3 aliphatic rings. The molecule has 3 rings (SSSR count). The molecule has 0 bridgehead atoms. The van der Waals surface area contributed by atoms with Crippen molar-refractivity contribution in [3.63, 3.8) is 0 Å². The number of hydrogen-bond acceptors (Lipinski definition) is 3. The lowest BCUT2D eigenvalue weighted by Crippen LogP contribution is -2.44. The monoisotopic (exact) mass is 251 g/mol. The Labute approximate surface area is 107 Å².